The molecule has 160 valence electrons. The summed E-state index contributed by atoms with van der Waals surface area (Å²) in [6.07, 6.45) is 4.07. The van der Waals surface area contributed by atoms with Crippen molar-refractivity contribution < 1.29 is 20.1 Å². The average molecular weight is 406 g/mol. The maximum atomic E-state index is 10.4. The predicted octanol–water partition coefficient (Wildman–Crippen LogP) is 1.00. The van der Waals surface area contributed by atoms with Crippen LogP contribution in [0.3, 0.4) is 0 Å². The van der Waals surface area contributed by atoms with Gasteiger partial charge < -0.3 is 30.7 Å². The molecule has 0 spiro atoms. The smallest absolute Gasteiger partial charge is 0.227 e. The van der Waals surface area contributed by atoms with E-state index in [1.54, 1.807) is 4.57 Å². The van der Waals surface area contributed by atoms with Crippen molar-refractivity contribution in [3.63, 3.8) is 0 Å². The van der Waals surface area contributed by atoms with Gasteiger partial charge in [-0.3, -0.25) is 4.57 Å². The molecule has 4 atom stereocenters. The lowest BCUT2D eigenvalue weighted by Crippen LogP contribution is -2.33. The van der Waals surface area contributed by atoms with Gasteiger partial charge in [0.05, 0.1) is 12.9 Å². The number of imidazole rings is 1. The lowest BCUT2D eigenvalue weighted by molar-refractivity contribution is -0.0511. The van der Waals surface area contributed by atoms with Crippen LogP contribution < -0.4 is 10.6 Å². The Morgan fingerprint density at radius 2 is 2.00 bits per heavy atom. The number of hydrogen-bond donors (Lipinski definition) is 5. The number of fused-ring (bicyclic) bond motifs is 1. The minimum Gasteiger partial charge on any atom is -0.394 e. The predicted molar refractivity (Wildman–Crippen MR) is 108 cm³/mol. The molecule has 3 heterocycles. The molecule has 0 radical (unpaired) electrons. The second-order valence-electron chi connectivity index (χ2n) is 7.85. The van der Waals surface area contributed by atoms with Crippen LogP contribution in [-0.4, -0.2) is 72.3 Å². The van der Waals surface area contributed by atoms with E-state index in [4.69, 9.17) is 4.74 Å². The summed E-state index contributed by atoms with van der Waals surface area (Å²) in [6, 6.07) is 0.348. The highest BCUT2D eigenvalue weighted by atomic mass is 16.6. The number of aromatic nitrogens is 4. The fourth-order valence-corrected chi connectivity index (χ4v) is 4.04. The summed E-state index contributed by atoms with van der Waals surface area (Å²) in [4.78, 5) is 13.7. The zero-order valence-electron chi connectivity index (χ0n) is 16.7. The molecule has 1 saturated carbocycles. The first-order valence-corrected chi connectivity index (χ1v) is 10.5. The fraction of sp³-hybridized carbons (Fsp3) is 0.737. The molecule has 2 fully saturated rings. The summed E-state index contributed by atoms with van der Waals surface area (Å²) in [6.45, 7) is 2.52. The molecule has 1 aliphatic carbocycles. The number of nitrogens with zero attached hydrogens (tertiary/aromatic N) is 4. The highest BCUT2D eigenvalue weighted by Gasteiger charge is 2.44. The zero-order valence-corrected chi connectivity index (χ0v) is 16.7. The lowest BCUT2D eigenvalue weighted by atomic mass is 10.1. The quantitative estimate of drug-likeness (QED) is 0.407. The van der Waals surface area contributed by atoms with Crippen LogP contribution in [0.15, 0.2) is 6.33 Å². The summed E-state index contributed by atoms with van der Waals surface area (Å²) in [5.74, 6) is 1.14. The van der Waals surface area contributed by atoms with Gasteiger partial charge in [0.1, 0.15) is 18.3 Å². The topological polar surface area (TPSA) is 138 Å². The highest BCUT2D eigenvalue weighted by Crippen LogP contribution is 2.33. The second-order valence-corrected chi connectivity index (χ2v) is 7.85. The Morgan fingerprint density at radius 3 is 2.69 bits per heavy atom. The van der Waals surface area contributed by atoms with E-state index >= 15 is 0 Å². The Balaban J connectivity index is 1.69. The summed E-state index contributed by atoms with van der Waals surface area (Å²) in [5, 5.41) is 36.7. The molecule has 10 heteroatoms. The number of aliphatic hydroxyl groups is 3. The van der Waals surface area contributed by atoms with Gasteiger partial charge in [0.15, 0.2) is 23.2 Å². The largest absolute Gasteiger partial charge is 0.394 e. The van der Waals surface area contributed by atoms with Gasteiger partial charge in [-0.15, -0.1) is 0 Å². The molecular weight excluding hydrogens is 376 g/mol. The summed E-state index contributed by atoms with van der Waals surface area (Å²) in [7, 11) is 0. The molecule has 29 heavy (non-hydrogen) atoms. The van der Waals surface area contributed by atoms with Crippen LogP contribution in [0.25, 0.3) is 11.2 Å². The van der Waals surface area contributed by atoms with Crippen LogP contribution in [0.1, 0.15) is 51.7 Å². The van der Waals surface area contributed by atoms with Crippen molar-refractivity contribution in [2.45, 2.75) is 76.0 Å². The van der Waals surface area contributed by atoms with Crippen molar-refractivity contribution in [2.24, 2.45) is 0 Å². The Bertz CT molecular complexity index is 824. The third kappa shape index (κ3) is 4.02. The van der Waals surface area contributed by atoms with Crippen LogP contribution in [0.4, 0.5) is 11.8 Å². The number of nitrogens with one attached hydrogen (secondary N) is 2. The Kier molecular flexibility index (Phi) is 6.14. The first kappa shape index (κ1) is 20.3. The van der Waals surface area contributed by atoms with Crippen LogP contribution >= 0.6 is 0 Å². The van der Waals surface area contributed by atoms with Gasteiger partial charge in [-0.25, -0.2) is 4.98 Å². The van der Waals surface area contributed by atoms with E-state index in [1.807, 2.05) is 0 Å². The molecule has 5 N–H and O–H groups in total. The van der Waals surface area contributed by atoms with Gasteiger partial charge in [0, 0.05) is 12.6 Å². The van der Waals surface area contributed by atoms with E-state index in [0.29, 0.717) is 29.0 Å². The molecule has 4 rings (SSSR count). The van der Waals surface area contributed by atoms with E-state index in [2.05, 4.69) is 32.5 Å². The molecule has 0 aromatic carbocycles. The molecule has 1 saturated heterocycles. The highest BCUT2D eigenvalue weighted by molar-refractivity contribution is 5.84. The lowest BCUT2D eigenvalue weighted by Gasteiger charge is -2.18. The van der Waals surface area contributed by atoms with E-state index in [1.165, 1.54) is 19.2 Å². The Labute approximate surface area is 169 Å². The normalized spacial score (nSPS) is 27.7. The Hall–Kier alpha value is -2.01. The van der Waals surface area contributed by atoms with E-state index in [0.717, 1.165) is 32.2 Å². The molecular formula is C19H30N6O4. The second kappa shape index (κ2) is 8.78. The van der Waals surface area contributed by atoms with Gasteiger partial charge in [-0.1, -0.05) is 26.2 Å². The molecule has 2 aromatic heterocycles. The van der Waals surface area contributed by atoms with Gasteiger partial charge in [-0.05, 0) is 19.3 Å². The van der Waals surface area contributed by atoms with Gasteiger partial charge in [0.2, 0.25) is 5.95 Å². The van der Waals surface area contributed by atoms with Crippen molar-refractivity contribution in [1.82, 2.24) is 19.5 Å². The van der Waals surface area contributed by atoms with E-state index < -0.39 is 24.5 Å². The van der Waals surface area contributed by atoms with Crippen LogP contribution in [-0.2, 0) is 4.74 Å². The maximum absolute atomic E-state index is 10.4. The van der Waals surface area contributed by atoms with Gasteiger partial charge >= 0.3 is 0 Å². The number of hydrogen-bond acceptors (Lipinski definition) is 9. The first-order valence-electron chi connectivity index (χ1n) is 10.5. The minimum absolute atomic E-state index is 0.348. The van der Waals surface area contributed by atoms with Gasteiger partial charge in [-0.2, -0.15) is 9.97 Å². The average Bonchev–Trinajstić information content (AvgIpc) is 3.43. The number of ether oxygens (including phenoxy) is 1. The van der Waals surface area contributed by atoms with E-state index in [9.17, 15) is 15.3 Å². The minimum atomic E-state index is -1.19. The van der Waals surface area contributed by atoms with E-state index in [-0.39, 0.29) is 6.61 Å². The van der Waals surface area contributed by atoms with Crippen LogP contribution in [0.2, 0.25) is 0 Å². The molecule has 0 unspecified atom stereocenters. The van der Waals surface area contributed by atoms with Crippen molar-refractivity contribution in [1.29, 1.82) is 0 Å². The molecule has 0 bridgehead atoms. The Morgan fingerprint density at radius 1 is 1.21 bits per heavy atom. The van der Waals surface area contributed by atoms with Crippen molar-refractivity contribution in [2.75, 3.05) is 23.8 Å². The molecule has 2 aliphatic rings. The van der Waals surface area contributed by atoms with Crippen LogP contribution in [0.5, 0.6) is 0 Å². The third-order valence-corrected chi connectivity index (χ3v) is 5.72. The molecule has 2 aromatic rings. The number of anilines is 2. The van der Waals surface area contributed by atoms with Crippen molar-refractivity contribution in [3.8, 4) is 0 Å². The SMILES string of the molecule is CCCCNc1nc(NC2CCCC2)nc2c1ncn2[C@@H]1O[C@H](CO)[C@@H](O)[C@H]1O. The standard InChI is InChI=1S/C19H30N6O4/c1-2-3-8-20-16-13-17(24-19(23-16)22-11-6-4-5-7-11)25(10-21-13)18-15(28)14(27)12(9-26)29-18/h10-12,14-15,18,26-28H,2-9H2,1H3,(H2,20,22,23,24)/t12-,14-,15-,18-/m1/s1. The fourth-order valence-electron chi connectivity index (χ4n) is 4.04. The molecule has 0 amide bonds. The maximum Gasteiger partial charge on any atom is 0.227 e. The molecule has 1 aliphatic heterocycles. The third-order valence-electron chi connectivity index (χ3n) is 5.72. The summed E-state index contributed by atoms with van der Waals surface area (Å²) >= 11 is 0. The van der Waals surface area contributed by atoms with Crippen molar-refractivity contribution in [3.05, 3.63) is 6.33 Å². The number of rotatable bonds is 8. The summed E-state index contributed by atoms with van der Waals surface area (Å²) in [5.41, 5.74) is 1.09. The zero-order chi connectivity index (χ0) is 20.4. The number of aliphatic hydroxyl groups excluding tert-OH is 3. The first-order chi connectivity index (χ1) is 14.1. The molecule has 10 nitrogen and oxygen atoms in total. The monoisotopic (exact) mass is 406 g/mol. The van der Waals surface area contributed by atoms with Crippen molar-refractivity contribution >= 4 is 22.9 Å². The number of unbranched alkanes of at least 4 members (excludes halogenated alkanes) is 1. The summed E-state index contributed by atoms with van der Waals surface area (Å²) < 4.78 is 7.27. The van der Waals surface area contributed by atoms with Crippen LogP contribution in [0, 0.1) is 0 Å². The van der Waals surface area contributed by atoms with Gasteiger partial charge in [0.25, 0.3) is 0 Å².